The number of hydrogen-bond acceptors (Lipinski definition) is 4. The molecule has 1 N–H and O–H groups in total. The fourth-order valence-electron chi connectivity index (χ4n) is 2.08. The van der Waals surface area contributed by atoms with Crippen LogP contribution in [0.4, 0.5) is 0 Å². The number of rotatable bonds is 6. The van der Waals surface area contributed by atoms with Gasteiger partial charge >= 0.3 is 0 Å². The van der Waals surface area contributed by atoms with Crippen molar-refractivity contribution < 1.29 is 4.74 Å². The van der Waals surface area contributed by atoms with Crippen LogP contribution in [0.2, 0.25) is 0 Å². The number of nitrogens with zero attached hydrogens (tertiary/aromatic N) is 1. The van der Waals surface area contributed by atoms with Gasteiger partial charge in [-0.05, 0) is 26.3 Å². The SMILES string of the molecule is CCc1cnc(C(C)NCc2cc(C)ccc2OC)s1. The molecule has 0 spiro atoms. The summed E-state index contributed by atoms with van der Waals surface area (Å²) >= 11 is 1.78. The lowest BCUT2D eigenvalue weighted by Gasteiger charge is -2.14. The molecule has 0 amide bonds. The van der Waals surface area contributed by atoms with Gasteiger partial charge < -0.3 is 10.1 Å². The number of methoxy groups -OCH3 is 1. The molecule has 1 aromatic heterocycles. The molecular formula is C16H22N2OS. The molecule has 20 heavy (non-hydrogen) atoms. The molecule has 0 fully saturated rings. The second kappa shape index (κ2) is 6.86. The molecular weight excluding hydrogens is 268 g/mol. The Kier molecular flexibility index (Phi) is 5.15. The predicted molar refractivity (Wildman–Crippen MR) is 84.5 cm³/mol. The molecule has 1 heterocycles. The first-order valence-corrected chi connectivity index (χ1v) is 7.77. The Morgan fingerprint density at radius 2 is 2.20 bits per heavy atom. The minimum absolute atomic E-state index is 0.255. The van der Waals surface area contributed by atoms with Crippen molar-refractivity contribution in [1.82, 2.24) is 10.3 Å². The highest BCUT2D eigenvalue weighted by Gasteiger charge is 2.11. The number of thiazole rings is 1. The minimum Gasteiger partial charge on any atom is -0.496 e. The average Bonchev–Trinajstić information content (AvgIpc) is 2.94. The maximum absolute atomic E-state index is 5.41. The molecule has 2 aromatic rings. The summed E-state index contributed by atoms with van der Waals surface area (Å²) in [4.78, 5) is 5.82. The average molecular weight is 290 g/mol. The van der Waals surface area contributed by atoms with Gasteiger partial charge in [-0.3, -0.25) is 0 Å². The summed E-state index contributed by atoms with van der Waals surface area (Å²) in [5.41, 5.74) is 2.43. The molecule has 2 rings (SSSR count). The van der Waals surface area contributed by atoms with E-state index >= 15 is 0 Å². The van der Waals surface area contributed by atoms with Gasteiger partial charge in [0.15, 0.2) is 0 Å². The van der Waals surface area contributed by atoms with Crippen molar-refractivity contribution in [2.24, 2.45) is 0 Å². The Balaban J connectivity index is 2.02. The third-order valence-electron chi connectivity index (χ3n) is 3.32. The monoisotopic (exact) mass is 290 g/mol. The molecule has 1 aromatic carbocycles. The molecule has 4 heteroatoms. The second-order valence-electron chi connectivity index (χ2n) is 4.94. The molecule has 0 aliphatic rings. The van der Waals surface area contributed by atoms with Crippen molar-refractivity contribution in [3.8, 4) is 5.75 Å². The fourth-order valence-corrected chi connectivity index (χ4v) is 2.97. The Bertz CT molecular complexity index is 565. The Labute approximate surface area is 125 Å². The summed E-state index contributed by atoms with van der Waals surface area (Å²) in [5.74, 6) is 0.934. The molecule has 0 bridgehead atoms. The first-order chi connectivity index (χ1) is 9.63. The molecule has 1 atom stereocenters. The predicted octanol–water partition coefficient (Wildman–Crippen LogP) is 3.87. The van der Waals surface area contributed by atoms with Crippen LogP contribution in [-0.4, -0.2) is 12.1 Å². The van der Waals surface area contributed by atoms with Crippen molar-refractivity contribution >= 4 is 11.3 Å². The summed E-state index contributed by atoms with van der Waals surface area (Å²) < 4.78 is 5.41. The van der Waals surface area contributed by atoms with Gasteiger partial charge in [0.25, 0.3) is 0 Å². The zero-order chi connectivity index (χ0) is 14.5. The standard InChI is InChI=1S/C16H22N2OS/c1-5-14-10-18-16(20-14)12(3)17-9-13-8-11(2)6-7-15(13)19-4/h6-8,10,12,17H,5,9H2,1-4H3. The Morgan fingerprint density at radius 1 is 1.40 bits per heavy atom. The highest BCUT2D eigenvalue weighted by Crippen LogP contribution is 2.23. The number of aryl methyl sites for hydroxylation is 2. The van der Waals surface area contributed by atoms with Crippen LogP contribution in [0.3, 0.4) is 0 Å². The molecule has 3 nitrogen and oxygen atoms in total. The number of hydrogen-bond donors (Lipinski definition) is 1. The van der Waals surface area contributed by atoms with Crippen LogP contribution >= 0.6 is 11.3 Å². The third-order valence-corrected chi connectivity index (χ3v) is 4.65. The lowest BCUT2D eigenvalue weighted by atomic mass is 10.1. The number of aromatic nitrogens is 1. The first-order valence-electron chi connectivity index (χ1n) is 6.95. The van der Waals surface area contributed by atoms with E-state index in [-0.39, 0.29) is 6.04 Å². The van der Waals surface area contributed by atoms with Gasteiger partial charge in [-0.1, -0.05) is 24.6 Å². The normalized spacial score (nSPS) is 12.4. The van der Waals surface area contributed by atoms with Crippen molar-refractivity contribution in [2.45, 2.75) is 39.8 Å². The number of benzene rings is 1. The zero-order valence-corrected chi connectivity index (χ0v) is 13.4. The Morgan fingerprint density at radius 3 is 2.85 bits per heavy atom. The van der Waals surface area contributed by atoms with Crippen molar-refractivity contribution in [3.05, 3.63) is 45.4 Å². The highest BCUT2D eigenvalue weighted by molar-refractivity contribution is 7.11. The molecule has 0 radical (unpaired) electrons. The number of ether oxygens (including phenoxy) is 1. The summed E-state index contributed by atoms with van der Waals surface area (Å²) in [7, 11) is 1.71. The van der Waals surface area contributed by atoms with Crippen molar-refractivity contribution in [1.29, 1.82) is 0 Å². The number of nitrogens with one attached hydrogen (secondary N) is 1. The minimum atomic E-state index is 0.255. The quantitative estimate of drug-likeness (QED) is 0.877. The second-order valence-corrected chi connectivity index (χ2v) is 6.08. The lowest BCUT2D eigenvalue weighted by molar-refractivity contribution is 0.406. The van der Waals surface area contributed by atoms with Gasteiger partial charge in [0.05, 0.1) is 13.2 Å². The molecule has 0 saturated carbocycles. The zero-order valence-electron chi connectivity index (χ0n) is 12.6. The summed E-state index contributed by atoms with van der Waals surface area (Å²) in [6, 6.07) is 6.51. The molecule has 1 unspecified atom stereocenters. The maximum Gasteiger partial charge on any atom is 0.123 e. The van der Waals surface area contributed by atoms with E-state index < -0.39 is 0 Å². The van der Waals surface area contributed by atoms with E-state index in [1.807, 2.05) is 12.3 Å². The molecule has 108 valence electrons. The van der Waals surface area contributed by atoms with Gasteiger partial charge in [0.1, 0.15) is 10.8 Å². The van der Waals surface area contributed by atoms with Crippen LogP contribution < -0.4 is 10.1 Å². The van der Waals surface area contributed by atoms with Crippen LogP contribution in [-0.2, 0) is 13.0 Å². The van der Waals surface area contributed by atoms with Gasteiger partial charge in [0.2, 0.25) is 0 Å². The largest absolute Gasteiger partial charge is 0.496 e. The highest BCUT2D eigenvalue weighted by atomic mass is 32.1. The first kappa shape index (κ1) is 15.0. The fraction of sp³-hybridized carbons (Fsp3) is 0.438. The maximum atomic E-state index is 5.41. The van der Waals surface area contributed by atoms with E-state index in [9.17, 15) is 0 Å². The molecule has 0 aliphatic heterocycles. The van der Waals surface area contributed by atoms with Crippen molar-refractivity contribution in [2.75, 3.05) is 7.11 Å². The smallest absolute Gasteiger partial charge is 0.123 e. The van der Waals surface area contributed by atoms with Crippen LogP contribution in [0.5, 0.6) is 5.75 Å². The van der Waals surface area contributed by atoms with Crippen LogP contribution in [0.25, 0.3) is 0 Å². The van der Waals surface area contributed by atoms with Crippen molar-refractivity contribution in [3.63, 3.8) is 0 Å². The van der Waals surface area contributed by atoms with E-state index in [0.717, 1.165) is 23.7 Å². The Hall–Kier alpha value is -1.39. The summed E-state index contributed by atoms with van der Waals surface area (Å²) in [6.45, 7) is 7.20. The summed E-state index contributed by atoms with van der Waals surface area (Å²) in [5, 5.41) is 4.67. The van der Waals surface area contributed by atoms with Crippen LogP contribution in [0, 0.1) is 6.92 Å². The van der Waals surface area contributed by atoms with Gasteiger partial charge in [-0.25, -0.2) is 4.98 Å². The van der Waals surface area contributed by atoms with E-state index in [0.29, 0.717) is 0 Å². The molecule has 0 aliphatic carbocycles. The van der Waals surface area contributed by atoms with Gasteiger partial charge in [0, 0.05) is 23.2 Å². The molecule has 0 saturated heterocycles. The van der Waals surface area contributed by atoms with Gasteiger partial charge in [-0.2, -0.15) is 0 Å². The van der Waals surface area contributed by atoms with Crippen LogP contribution in [0.15, 0.2) is 24.4 Å². The van der Waals surface area contributed by atoms with E-state index in [4.69, 9.17) is 4.74 Å². The van der Waals surface area contributed by atoms with E-state index in [1.165, 1.54) is 16.0 Å². The topological polar surface area (TPSA) is 34.2 Å². The van der Waals surface area contributed by atoms with Crippen LogP contribution in [0.1, 0.15) is 40.9 Å². The third kappa shape index (κ3) is 3.58. The van der Waals surface area contributed by atoms with E-state index in [2.05, 4.69) is 43.2 Å². The lowest BCUT2D eigenvalue weighted by Crippen LogP contribution is -2.18. The van der Waals surface area contributed by atoms with Gasteiger partial charge in [-0.15, -0.1) is 11.3 Å². The summed E-state index contributed by atoms with van der Waals surface area (Å²) in [6.07, 6.45) is 3.03. The van der Waals surface area contributed by atoms with E-state index in [1.54, 1.807) is 18.4 Å².